The Hall–Kier alpha value is -5.18. The lowest BCUT2D eigenvalue weighted by molar-refractivity contribution is 1.18. The molecule has 1 heterocycles. The van der Waals surface area contributed by atoms with Crippen LogP contribution in [-0.2, 0) is 0 Å². The highest BCUT2D eigenvalue weighted by atomic mass is 79.9. The summed E-state index contributed by atoms with van der Waals surface area (Å²) in [6.07, 6.45) is 0. The maximum Gasteiger partial charge on any atom is 0.0547 e. The maximum absolute atomic E-state index is 3.66. The van der Waals surface area contributed by atoms with Gasteiger partial charge in [-0.1, -0.05) is 143 Å². The average Bonchev–Trinajstić information content (AvgIpc) is 3.42. The molecular formula is C42H28BrN. The Morgan fingerprint density at radius 2 is 0.886 bits per heavy atom. The molecule has 44 heavy (non-hydrogen) atoms. The fourth-order valence-corrected chi connectivity index (χ4v) is 6.77. The zero-order chi connectivity index (χ0) is 29.5. The van der Waals surface area contributed by atoms with E-state index >= 15 is 0 Å². The number of hydrogen-bond donors (Lipinski definition) is 0. The first-order valence-electron chi connectivity index (χ1n) is 14.9. The molecule has 2 heteroatoms. The molecule has 0 amide bonds. The molecule has 0 N–H and O–H groups in total. The molecule has 0 bridgehead atoms. The molecule has 0 aliphatic rings. The van der Waals surface area contributed by atoms with Crippen molar-refractivity contribution >= 4 is 37.7 Å². The second-order valence-electron chi connectivity index (χ2n) is 11.1. The molecule has 0 unspecified atom stereocenters. The summed E-state index contributed by atoms with van der Waals surface area (Å²) >= 11 is 3.66. The van der Waals surface area contributed by atoms with Gasteiger partial charge in [-0.05, 0) is 87.0 Å². The lowest BCUT2D eigenvalue weighted by atomic mass is 9.94. The molecule has 0 saturated carbocycles. The number of fused-ring (bicyclic) bond motifs is 3. The summed E-state index contributed by atoms with van der Waals surface area (Å²) in [5.74, 6) is 0. The van der Waals surface area contributed by atoms with Crippen LogP contribution in [-0.4, -0.2) is 4.57 Å². The molecule has 0 radical (unpaired) electrons. The highest BCUT2D eigenvalue weighted by Crippen LogP contribution is 2.38. The largest absolute Gasteiger partial charge is 0.309 e. The topological polar surface area (TPSA) is 4.93 Å². The van der Waals surface area contributed by atoms with Crippen molar-refractivity contribution < 1.29 is 0 Å². The van der Waals surface area contributed by atoms with Crippen LogP contribution in [0.4, 0.5) is 0 Å². The minimum absolute atomic E-state index is 1.08. The van der Waals surface area contributed by atoms with Gasteiger partial charge in [0.15, 0.2) is 0 Å². The van der Waals surface area contributed by atoms with E-state index in [0.717, 1.165) is 10.2 Å². The fraction of sp³-hybridized carbons (Fsp3) is 0. The fourth-order valence-electron chi connectivity index (χ4n) is 6.37. The van der Waals surface area contributed by atoms with Crippen LogP contribution in [0.2, 0.25) is 0 Å². The number of hydrogen-bond acceptors (Lipinski definition) is 0. The standard InChI is InChI=1S/C42H28BrN/c43-35-15-9-14-33(27-35)37-16-4-5-17-38(37)34-22-25-40-39-18-6-7-19-41(39)44(42(40)28-34)36-23-20-30(21-24-36)32-13-8-12-31(26-32)29-10-2-1-3-11-29/h1-28H. The Kier molecular flexibility index (Phi) is 6.70. The summed E-state index contributed by atoms with van der Waals surface area (Å²) in [5.41, 5.74) is 13.3. The highest BCUT2D eigenvalue weighted by Gasteiger charge is 2.15. The molecule has 8 aromatic rings. The third-order valence-electron chi connectivity index (χ3n) is 8.48. The molecule has 8 rings (SSSR count). The molecule has 0 fully saturated rings. The van der Waals surface area contributed by atoms with Crippen LogP contribution < -0.4 is 0 Å². The van der Waals surface area contributed by atoms with Crippen molar-refractivity contribution in [1.82, 2.24) is 4.57 Å². The monoisotopic (exact) mass is 625 g/mol. The maximum atomic E-state index is 3.66. The van der Waals surface area contributed by atoms with Crippen molar-refractivity contribution in [2.75, 3.05) is 0 Å². The van der Waals surface area contributed by atoms with E-state index in [0.29, 0.717) is 0 Å². The second-order valence-corrected chi connectivity index (χ2v) is 12.0. The van der Waals surface area contributed by atoms with Crippen molar-refractivity contribution in [3.8, 4) is 50.2 Å². The molecular weight excluding hydrogens is 598 g/mol. The molecule has 208 valence electrons. The first-order chi connectivity index (χ1) is 21.7. The molecule has 0 aliphatic carbocycles. The first kappa shape index (κ1) is 26.4. The number of para-hydroxylation sites is 1. The lowest BCUT2D eigenvalue weighted by Crippen LogP contribution is -1.94. The number of rotatable bonds is 5. The van der Waals surface area contributed by atoms with E-state index < -0.39 is 0 Å². The summed E-state index contributed by atoms with van der Waals surface area (Å²) in [5, 5.41) is 2.51. The highest BCUT2D eigenvalue weighted by molar-refractivity contribution is 9.10. The van der Waals surface area contributed by atoms with Gasteiger partial charge in [-0.25, -0.2) is 0 Å². The molecule has 1 aromatic heterocycles. The summed E-state index contributed by atoms with van der Waals surface area (Å²) in [7, 11) is 0. The number of nitrogens with zero attached hydrogens (tertiary/aromatic N) is 1. The van der Waals surface area contributed by atoms with Crippen molar-refractivity contribution in [3.63, 3.8) is 0 Å². The predicted octanol–water partition coefficient (Wildman–Crippen LogP) is 12.2. The minimum atomic E-state index is 1.08. The van der Waals surface area contributed by atoms with E-state index in [1.54, 1.807) is 0 Å². The van der Waals surface area contributed by atoms with Gasteiger partial charge in [-0.3, -0.25) is 0 Å². The molecule has 7 aromatic carbocycles. The Morgan fingerprint density at radius 1 is 0.341 bits per heavy atom. The van der Waals surface area contributed by atoms with Gasteiger partial charge in [0.25, 0.3) is 0 Å². The summed E-state index contributed by atoms with van der Waals surface area (Å²) in [6, 6.07) is 61.2. The van der Waals surface area contributed by atoms with Gasteiger partial charge >= 0.3 is 0 Å². The van der Waals surface area contributed by atoms with Crippen LogP contribution in [0.15, 0.2) is 174 Å². The number of aromatic nitrogens is 1. The molecule has 0 spiro atoms. The smallest absolute Gasteiger partial charge is 0.0547 e. The van der Waals surface area contributed by atoms with E-state index in [4.69, 9.17) is 0 Å². The Balaban J connectivity index is 1.25. The van der Waals surface area contributed by atoms with Gasteiger partial charge in [-0.2, -0.15) is 0 Å². The Bertz CT molecular complexity index is 2280. The summed E-state index contributed by atoms with van der Waals surface area (Å²) < 4.78 is 3.48. The predicted molar refractivity (Wildman–Crippen MR) is 190 cm³/mol. The SMILES string of the molecule is Brc1cccc(-c2ccccc2-c2ccc3c4ccccc4n(-c4ccc(-c5cccc(-c6ccccc6)c5)cc4)c3c2)c1. The lowest BCUT2D eigenvalue weighted by Gasteiger charge is -2.13. The zero-order valence-corrected chi connectivity index (χ0v) is 25.6. The molecule has 1 nitrogen and oxygen atoms in total. The van der Waals surface area contributed by atoms with Crippen molar-refractivity contribution in [2.24, 2.45) is 0 Å². The van der Waals surface area contributed by atoms with Crippen LogP contribution in [0.5, 0.6) is 0 Å². The molecule has 0 atom stereocenters. The third-order valence-corrected chi connectivity index (χ3v) is 8.97. The Morgan fingerprint density at radius 3 is 1.64 bits per heavy atom. The van der Waals surface area contributed by atoms with Crippen molar-refractivity contribution in [3.05, 3.63) is 174 Å². The van der Waals surface area contributed by atoms with E-state index in [-0.39, 0.29) is 0 Å². The van der Waals surface area contributed by atoms with E-state index in [9.17, 15) is 0 Å². The van der Waals surface area contributed by atoms with Gasteiger partial charge in [-0.15, -0.1) is 0 Å². The zero-order valence-electron chi connectivity index (χ0n) is 24.0. The van der Waals surface area contributed by atoms with Gasteiger partial charge in [0.1, 0.15) is 0 Å². The quantitative estimate of drug-likeness (QED) is 0.179. The normalized spacial score (nSPS) is 11.3. The van der Waals surface area contributed by atoms with Gasteiger partial charge in [0.2, 0.25) is 0 Å². The molecule has 0 aliphatic heterocycles. The van der Waals surface area contributed by atoms with Crippen LogP contribution in [0.3, 0.4) is 0 Å². The van der Waals surface area contributed by atoms with Crippen LogP contribution in [0, 0.1) is 0 Å². The van der Waals surface area contributed by atoms with Gasteiger partial charge in [0.05, 0.1) is 11.0 Å². The molecule has 0 saturated heterocycles. The van der Waals surface area contributed by atoms with E-state index in [2.05, 4.69) is 190 Å². The third kappa shape index (κ3) is 4.74. The first-order valence-corrected chi connectivity index (χ1v) is 15.7. The van der Waals surface area contributed by atoms with Crippen molar-refractivity contribution in [2.45, 2.75) is 0 Å². The summed E-state index contributed by atoms with van der Waals surface area (Å²) in [6.45, 7) is 0. The van der Waals surface area contributed by atoms with E-state index in [1.165, 1.54) is 66.3 Å². The minimum Gasteiger partial charge on any atom is -0.309 e. The van der Waals surface area contributed by atoms with Gasteiger partial charge in [0, 0.05) is 20.9 Å². The van der Waals surface area contributed by atoms with Crippen molar-refractivity contribution in [1.29, 1.82) is 0 Å². The average molecular weight is 627 g/mol. The number of halogens is 1. The van der Waals surface area contributed by atoms with Crippen LogP contribution in [0.25, 0.3) is 72.0 Å². The van der Waals surface area contributed by atoms with Crippen LogP contribution in [0.1, 0.15) is 0 Å². The van der Waals surface area contributed by atoms with Gasteiger partial charge < -0.3 is 4.57 Å². The second kappa shape index (κ2) is 11.1. The number of benzene rings is 7. The van der Waals surface area contributed by atoms with Crippen LogP contribution >= 0.6 is 15.9 Å². The van der Waals surface area contributed by atoms with E-state index in [1.807, 2.05) is 0 Å². The Labute approximate surface area is 265 Å². The summed E-state index contributed by atoms with van der Waals surface area (Å²) in [4.78, 5) is 0.